The number of carbonyl (C=O) groups excluding carboxylic acids is 2. The van der Waals surface area contributed by atoms with E-state index < -0.39 is 0 Å². The third-order valence-electron chi connectivity index (χ3n) is 5.42. The van der Waals surface area contributed by atoms with Crippen LogP contribution in [0.4, 0.5) is 0 Å². The normalized spacial score (nSPS) is 20.5. The van der Waals surface area contributed by atoms with E-state index >= 15 is 0 Å². The van der Waals surface area contributed by atoms with Crippen LogP contribution in [0.3, 0.4) is 0 Å². The van der Waals surface area contributed by atoms with E-state index in [0.29, 0.717) is 25.2 Å². The summed E-state index contributed by atoms with van der Waals surface area (Å²) in [7, 11) is 0. The Kier molecular flexibility index (Phi) is 4.51. The number of carbonyl (C=O) groups is 2. The summed E-state index contributed by atoms with van der Waals surface area (Å²) in [6, 6.07) is 7.63. The molecule has 1 fully saturated rings. The minimum Gasteiger partial charge on any atom is -0.487 e. The molecule has 2 aliphatic rings. The zero-order chi connectivity index (χ0) is 18.9. The Balaban J connectivity index is 1.57. The lowest BCUT2D eigenvalue weighted by atomic mass is 9.80. The molecule has 3 heterocycles. The van der Waals surface area contributed by atoms with Crippen LogP contribution < -0.4 is 10.1 Å². The quantitative estimate of drug-likeness (QED) is 0.880. The average Bonchev–Trinajstić information content (AvgIpc) is 2.69. The molecular weight excluding hydrogens is 344 g/mol. The van der Waals surface area contributed by atoms with Crippen molar-refractivity contribution in [1.82, 2.24) is 20.2 Å². The van der Waals surface area contributed by atoms with Gasteiger partial charge in [0.05, 0.1) is 12.2 Å². The van der Waals surface area contributed by atoms with Gasteiger partial charge in [0.2, 0.25) is 5.91 Å². The smallest absolute Gasteiger partial charge is 0.271 e. The van der Waals surface area contributed by atoms with Crippen LogP contribution in [0.5, 0.6) is 5.75 Å². The first-order valence-corrected chi connectivity index (χ1v) is 9.17. The summed E-state index contributed by atoms with van der Waals surface area (Å²) in [5, 5.41) is 3.09. The number of aromatic nitrogens is 2. The minimum atomic E-state index is -0.374. The number of piperidine rings is 1. The van der Waals surface area contributed by atoms with Crippen molar-refractivity contribution in [2.24, 2.45) is 0 Å². The third-order valence-corrected chi connectivity index (χ3v) is 5.42. The van der Waals surface area contributed by atoms with Crippen molar-refractivity contribution in [3.63, 3.8) is 0 Å². The van der Waals surface area contributed by atoms with Crippen LogP contribution in [-0.4, -0.2) is 45.4 Å². The first-order valence-electron chi connectivity index (χ1n) is 9.17. The van der Waals surface area contributed by atoms with Crippen molar-refractivity contribution in [3.05, 3.63) is 54.1 Å². The van der Waals surface area contributed by atoms with Gasteiger partial charge in [-0.3, -0.25) is 14.6 Å². The predicted octanol–water partition coefficient (Wildman–Crippen LogP) is 2.11. The summed E-state index contributed by atoms with van der Waals surface area (Å²) in [5.41, 5.74) is 0.886. The van der Waals surface area contributed by atoms with Crippen molar-refractivity contribution in [2.45, 2.75) is 37.8 Å². The van der Waals surface area contributed by atoms with Crippen molar-refractivity contribution >= 4 is 11.8 Å². The summed E-state index contributed by atoms with van der Waals surface area (Å²) < 4.78 is 6.39. The standard InChI is InChI=1S/C20H22N4O3/c1-14(25)24-10-6-20(7-11-24)12-16(15-4-2-3-5-18(15)27-20)23-19(26)17-13-21-8-9-22-17/h2-5,8-9,13,16H,6-7,10-12H2,1H3,(H,23,26). The Morgan fingerprint density at radius 3 is 2.70 bits per heavy atom. The molecule has 27 heavy (non-hydrogen) atoms. The Morgan fingerprint density at radius 2 is 2.00 bits per heavy atom. The average molecular weight is 366 g/mol. The summed E-state index contributed by atoms with van der Waals surface area (Å²) in [6.45, 7) is 2.93. The van der Waals surface area contributed by atoms with Gasteiger partial charge >= 0.3 is 0 Å². The summed E-state index contributed by atoms with van der Waals surface area (Å²) >= 11 is 0. The van der Waals surface area contributed by atoms with Crippen LogP contribution in [0.1, 0.15) is 48.3 Å². The maximum absolute atomic E-state index is 12.6. The molecule has 7 heteroatoms. The zero-order valence-corrected chi connectivity index (χ0v) is 15.2. The zero-order valence-electron chi connectivity index (χ0n) is 15.2. The molecule has 1 saturated heterocycles. The highest BCUT2D eigenvalue weighted by molar-refractivity contribution is 5.92. The molecule has 1 aromatic carbocycles. The SMILES string of the molecule is CC(=O)N1CCC2(CC1)CC(NC(=O)c1cnccn1)c1ccccc1O2. The summed E-state index contributed by atoms with van der Waals surface area (Å²) in [6.07, 6.45) is 6.67. The molecule has 1 spiro atoms. The topological polar surface area (TPSA) is 84.4 Å². The number of hydrogen-bond donors (Lipinski definition) is 1. The molecule has 0 aliphatic carbocycles. The number of amides is 2. The van der Waals surface area contributed by atoms with Gasteiger partial charge in [-0.05, 0) is 6.07 Å². The molecule has 1 N–H and O–H groups in total. The maximum atomic E-state index is 12.6. The van der Waals surface area contributed by atoms with Crippen molar-refractivity contribution in [3.8, 4) is 5.75 Å². The molecule has 0 saturated carbocycles. The first kappa shape index (κ1) is 17.5. The Morgan fingerprint density at radius 1 is 1.22 bits per heavy atom. The molecule has 0 bridgehead atoms. The number of para-hydroxylation sites is 1. The predicted molar refractivity (Wildman–Crippen MR) is 98.1 cm³/mol. The molecule has 7 nitrogen and oxygen atoms in total. The van der Waals surface area contributed by atoms with Crippen LogP contribution in [0, 0.1) is 0 Å². The van der Waals surface area contributed by atoms with Gasteiger partial charge in [-0.2, -0.15) is 0 Å². The van der Waals surface area contributed by atoms with Crippen LogP contribution in [-0.2, 0) is 4.79 Å². The number of nitrogens with zero attached hydrogens (tertiary/aromatic N) is 3. The second kappa shape index (κ2) is 6.98. The Hall–Kier alpha value is -2.96. The lowest BCUT2D eigenvalue weighted by Crippen LogP contribution is -2.53. The second-order valence-electron chi connectivity index (χ2n) is 7.15. The molecule has 140 valence electrons. The van der Waals surface area contributed by atoms with Crippen molar-refractivity contribution in [1.29, 1.82) is 0 Å². The minimum absolute atomic E-state index is 0.0913. The van der Waals surface area contributed by atoms with Gasteiger partial charge in [-0.1, -0.05) is 18.2 Å². The fourth-order valence-corrected chi connectivity index (χ4v) is 3.93. The fourth-order valence-electron chi connectivity index (χ4n) is 3.93. The van der Waals surface area contributed by atoms with Gasteiger partial charge in [-0.15, -0.1) is 0 Å². The van der Waals surface area contributed by atoms with Gasteiger partial charge in [0.25, 0.3) is 5.91 Å². The van der Waals surface area contributed by atoms with Gasteiger partial charge in [0, 0.05) is 57.2 Å². The van der Waals surface area contributed by atoms with Gasteiger partial charge in [0.15, 0.2) is 0 Å². The molecule has 4 rings (SSSR count). The van der Waals surface area contributed by atoms with Crippen LogP contribution in [0.15, 0.2) is 42.9 Å². The first-order chi connectivity index (χ1) is 13.1. The monoisotopic (exact) mass is 366 g/mol. The molecule has 2 aromatic rings. The number of likely N-dealkylation sites (tertiary alicyclic amines) is 1. The maximum Gasteiger partial charge on any atom is 0.271 e. The van der Waals surface area contributed by atoms with E-state index in [0.717, 1.165) is 24.2 Å². The van der Waals surface area contributed by atoms with Gasteiger partial charge in [0.1, 0.15) is 17.0 Å². The summed E-state index contributed by atoms with van der Waals surface area (Å²) in [5.74, 6) is 0.638. The number of rotatable bonds is 2. The van der Waals surface area contributed by atoms with Crippen molar-refractivity contribution in [2.75, 3.05) is 13.1 Å². The third kappa shape index (κ3) is 3.49. The molecule has 1 unspecified atom stereocenters. The van der Waals surface area contributed by atoms with E-state index in [-0.39, 0.29) is 23.5 Å². The Labute approximate surface area is 157 Å². The number of nitrogens with one attached hydrogen (secondary N) is 1. The summed E-state index contributed by atoms with van der Waals surface area (Å²) in [4.78, 5) is 34.2. The van der Waals surface area contributed by atoms with E-state index in [1.54, 1.807) is 13.1 Å². The largest absolute Gasteiger partial charge is 0.487 e. The molecule has 2 aliphatic heterocycles. The highest BCUT2D eigenvalue weighted by Gasteiger charge is 2.44. The van der Waals surface area contributed by atoms with Gasteiger partial charge < -0.3 is 15.0 Å². The lowest BCUT2D eigenvalue weighted by molar-refractivity contribution is -0.132. The van der Waals surface area contributed by atoms with Gasteiger partial charge in [-0.25, -0.2) is 4.98 Å². The van der Waals surface area contributed by atoms with Crippen LogP contribution in [0.2, 0.25) is 0 Å². The van der Waals surface area contributed by atoms with E-state index in [9.17, 15) is 9.59 Å². The number of fused-ring (bicyclic) bond motifs is 1. The lowest BCUT2D eigenvalue weighted by Gasteiger charge is -2.46. The second-order valence-corrected chi connectivity index (χ2v) is 7.15. The molecule has 1 atom stereocenters. The number of hydrogen-bond acceptors (Lipinski definition) is 5. The molecule has 2 amide bonds. The van der Waals surface area contributed by atoms with Crippen LogP contribution in [0.25, 0.3) is 0 Å². The highest BCUT2D eigenvalue weighted by Crippen LogP contribution is 2.44. The van der Waals surface area contributed by atoms with E-state index in [1.807, 2.05) is 29.2 Å². The van der Waals surface area contributed by atoms with E-state index in [1.165, 1.54) is 12.4 Å². The fraction of sp³-hybridized carbons (Fsp3) is 0.400. The number of benzene rings is 1. The molecular formula is C20H22N4O3. The van der Waals surface area contributed by atoms with Crippen LogP contribution >= 0.6 is 0 Å². The Bertz CT molecular complexity index is 847. The van der Waals surface area contributed by atoms with E-state index in [2.05, 4.69) is 15.3 Å². The highest BCUT2D eigenvalue weighted by atomic mass is 16.5. The van der Waals surface area contributed by atoms with Crippen molar-refractivity contribution < 1.29 is 14.3 Å². The number of ether oxygens (including phenoxy) is 1. The molecule has 0 radical (unpaired) electrons. The van der Waals surface area contributed by atoms with E-state index in [4.69, 9.17) is 4.74 Å². The molecule has 1 aromatic heterocycles.